The molecular weight excluding hydrogens is 172 g/mol. The van der Waals surface area contributed by atoms with Gasteiger partial charge in [-0.05, 0) is 29.4 Å². The molecule has 0 amide bonds. The zero-order chi connectivity index (χ0) is 9.76. The zero-order valence-corrected chi connectivity index (χ0v) is 8.42. The lowest BCUT2D eigenvalue weighted by Gasteiger charge is -2.22. The summed E-state index contributed by atoms with van der Waals surface area (Å²) >= 11 is 0. The molecule has 0 heterocycles. The van der Waals surface area contributed by atoms with Gasteiger partial charge in [0.1, 0.15) is 5.78 Å². The topological polar surface area (TPSA) is 17.1 Å². The van der Waals surface area contributed by atoms with E-state index in [0.717, 1.165) is 19.3 Å². The van der Waals surface area contributed by atoms with Crippen LogP contribution in [0.3, 0.4) is 0 Å². The Labute approximate surface area is 84.1 Å². The molecule has 0 bridgehead atoms. The van der Waals surface area contributed by atoms with Gasteiger partial charge in [0.05, 0.1) is 0 Å². The molecule has 1 aromatic carbocycles. The summed E-state index contributed by atoms with van der Waals surface area (Å²) in [6.07, 6.45) is 2.96. The van der Waals surface area contributed by atoms with E-state index in [2.05, 4.69) is 31.2 Å². The van der Waals surface area contributed by atoms with Crippen molar-refractivity contribution in [3.05, 3.63) is 35.4 Å². The van der Waals surface area contributed by atoms with E-state index in [0.29, 0.717) is 5.78 Å². The molecule has 1 saturated carbocycles. The normalized spacial score (nSPS) is 34.4. The second kappa shape index (κ2) is 2.47. The first-order valence-electron chi connectivity index (χ1n) is 5.31. The van der Waals surface area contributed by atoms with Crippen molar-refractivity contribution in [2.75, 3.05) is 0 Å². The van der Waals surface area contributed by atoms with Crippen LogP contribution in [0, 0.1) is 5.41 Å². The average Bonchev–Trinajstić information content (AvgIpc) is 2.60. The van der Waals surface area contributed by atoms with Crippen LogP contribution in [0.15, 0.2) is 24.3 Å². The van der Waals surface area contributed by atoms with E-state index >= 15 is 0 Å². The number of hydrogen-bond acceptors (Lipinski definition) is 1. The second-order valence-electron chi connectivity index (χ2n) is 4.93. The SMILES string of the molecule is C[C@@]12CCC(=O)[C@@H]1c1ccccc1C2. The highest BCUT2D eigenvalue weighted by Gasteiger charge is 2.50. The molecule has 0 aromatic heterocycles. The van der Waals surface area contributed by atoms with Gasteiger partial charge in [-0.2, -0.15) is 0 Å². The summed E-state index contributed by atoms with van der Waals surface area (Å²) in [7, 11) is 0. The maximum Gasteiger partial charge on any atom is 0.140 e. The van der Waals surface area contributed by atoms with Gasteiger partial charge in [-0.15, -0.1) is 0 Å². The van der Waals surface area contributed by atoms with E-state index in [1.807, 2.05) is 0 Å². The number of carbonyl (C=O) groups excluding carboxylic acids is 1. The average molecular weight is 186 g/mol. The Morgan fingerprint density at radius 1 is 1.36 bits per heavy atom. The van der Waals surface area contributed by atoms with Gasteiger partial charge in [0.15, 0.2) is 0 Å². The van der Waals surface area contributed by atoms with Crippen molar-refractivity contribution < 1.29 is 4.79 Å². The molecule has 0 spiro atoms. The van der Waals surface area contributed by atoms with E-state index < -0.39 is 0 Å². The summed E-state index contributed by atoms with van der Waals surface area (Å²) in [4.78, 5) is 11.8. The summed E-state index contributed by atoms with van der Waals surface area (Å²) in [5, 5.41) is 0. The van der Waals surface area contributed by atoms with Gasteiger partial charge in [0.25, 0.3) is 0 Å². The van der Waals surface area contributed by atoms with Gasteiger partial charge in [0.2, 0.25) is 0 Å². The molecule has 2 atom stereocenters. The number of benzene rings is 1. The van der Waals surface area contributed by atoms with E-state index in [9.17, 15) is 4.79 Å². The maximum atomic E-state index is 11.8. The first-order chi connectivity index (χ1) is 6.71. The monoisotopic (exact) mass is 186 g/mol. The number of ketones is 1. The molecular formula is C13H14O. The molecule has 2 aliphatic rings. The Morgan fingerprint density at radius 3 is 3.00 bits per heavy atom. The first kappa shape index (κ1) is 8.22. The van der Waals surface area contributed by atoms with Crippen LogP contribution in [0.4, 0.5) is 0 Å². The molecule has 2 aliphatic carbocycles. The van der Waals surface area contributed by atoms with Crippen LogP contribution >= 0.6 is 0 Å². The number of hydrogen-bond donors (Lipinski definition) is 0. The van der Waals surface area contributed by atoms with Gasteiger partial charge in [-0.3, -0.25) is 4.79 Å². The third kappa shape index (κ3) is 0.875. The predicted molar refractivity (Wildman–Crippen MR) is 55.2 cm³/mol. The largest absolute Gasteiger partial charge is 0.299 e. The van der Waals surface area contributed by atoms with Crippen molar-refractivity contribution in [3.8, 4) is 0 Å². The maximum absolute atomic E-state index is 11.8. The Kier molecular flexibility index (Phi) is 1.45. The third-order valence-electron chi connectivity index (χ3n) is 3.92. The molecule has 1 nitrogen and oxygen atoms in total. The minimum Gasteiger partial charge on any atom is -0.299 e. The van der Waals surface area contributed by atoms with Crippen LogP contribution in [0.5, 0.6) is 0 Å². The van der Waals surface area contributed by atoms with Crippen LogP contribution in [0.1, 0.15) is 36.8 Å². The lowest BCUT2D eigenvalue weighted by molar-refractivity contribution is -0.119. The summed E-state index contributed by atoms with van der Waals surface area (Å²) in [6.45, 7) is 2.27. The highest BCUT2D eigenvalue weighted by molar-refractivity contribution is 5.90. The Bertz CT molecular complexity index is 407. The van der Waals surface area contributed by atoms with Gasteiger partial charge in [0, 0.05) is 12.3 Å². The molecule has 0 saturated heterocycles. The molecule has 0 unspecified atom stereocenters. The van der Waals surface area contributed by atoms with Crippen LogP contribution in [0.2, 0.25) is 0 Å². The third-order valence-corrected chi connectivity index (χ3v) is 3.92. The summed E-state index contributed by atoms with van der Waals surface area (Å²) in [5.41, 5.74) is 2.94. The molecule has 0 radical (unpaired) electrons. The van der Waals surface area contributed by atoms with Gasteiger partial charge in [-0.1, -0.05) is 31.2 Å². The van der Waals surface area contributed by atoms with Crippen LogP contribution in [-0.2, 0) is 11.2 Å². The molecule has 1 heteroatoms. The molecule has 0 aliphatic heterocycles. The molecule has 14 heavy (non-hydrogen) atoms. The van der Waals surface area contributed by atoms with Crippen molar-refractivity contribution in [2.45, 2.75) is 32.1 Å². The smallest absolute Gasteiger partial charge is 0.140 e. The Morgan fingerprint density at radius 2 is 2.14 bits per heavy atom. The molecule has 1 fully saturated rings. The number of fused-ring (bicyclic) bond motifs is 3. The fraction of sp³-hybridized carbons (Fsp3) is 0.462. The van der Waals surface area contributed by atoms with E-state index in [-0.39, 0.29) is 11.3 Å². The van der Waals surface area contributed by atoms with Crippen molar-refractivity contribution in [2.24, 2.45) is 5.41 Å². The molecule has 1 aromatic rings. The lowest BCUT2D eigenvalue weighted by Crippen LogP contribution is -2.18. The van der Waals surface area contributed by atoms with Gasteiger partial charge < -0.3 is 0 Å². The number of Topliss-reactive ketones (excluding diaryl/α,β-unsaturated/α-hetero) is 1. The predicted octanol–water partition coefficient (Wildman–Crippen LogP) is 2.70. The van der Waals surface area contributed by atoms with Crippen molar-refractivity contribution in [1.29, 1.82) is 0 Å². The van der Waals surface area contributed by atoms with Crippen molar-refractivity contribution >= 4 is 5.78 Å². The highest BCUT2D eigenvalue weighted by Crippen LogP contribution is 2.54. The first-order valence-corrected chi connectivity index (χ1v) is 5.31. The van der Waals surface area contributed by atoms with E-state index in [1.54, 1.807) is 0 Å². The number of rotatable bonds is 0. The molecule has 3 rings (SSSR count). The summed E-state index contributed by atoms with van der Waals surface area (Å²) < 4.78 is 0. The number of carbonyl (C=O) groups is 1. The van der Waals surface area contributed by atoms with Crippen molar-refractivity contribution in [3.63, 3.8) is 0 Å². The fourth-order valence-electron chi connectivity index (χ4n) is 3.24. The van der Waals surface area contributed by atoms with E-state index in [4.69, 9.17) is 0 Å². The fourth-order valence-corrected chi connectivity index (χ4v) is 3.24. The lowest BCUT2D eigenvalue weighted by atomic mass is 9.81. The van der Waals surface area contributed by atoms with Crippen LogP contribution in [0.25, 0.3) is 0 Å². The summed E-state index contributed by atoms with van der Waals surface area (Å²) in [6, 6.07) is 8.44. The quantitative estimate of drug-likeness (QED) is 0.609. The minimum absolute atomic E-state index is 0.207. The molecule has 0 N–H and O–H groups in total. The Balaban J connectivity index is 2.18. The van der Waals surface area contributed by atoms with Crippen LogP contribution < -0.4 is 0 Å². The van der Waals surface area contributed by atoms with Crippen LogP contribution in [-0.4, -0.2) is 5.78 Å². The Hall–Kier alpha value is -1.11. The second-order valence-corrected chi connectivity index (χ2v) is 4.93. The van der Waals surface area contributed by atoms with Crippen molar-refractivity contribution in [1.82, 2.24) is 0 Å². The highest BCUT2D eigenvalue weighted by atomic mass is 16.1. The zero-order valence-electron chi connectivity index (χ0n) is 8.42. The van der Waals surface area contributed by atoms with Gasteiger partial charge >= 0.3 is 0 Å². The standard InChI is InChI=1S/C13H14O/c1-13-7-6-11(14)12(13)10-5-3-2-4-9(10)8-13/h2-5,12H,6-8H2,1H3/t12-,13-/m0/s1. The minimum atomic E-state index is 0.207. The van der Waals surface area contributed by atoms with E-state index in [1.165, 1.54) is 11.1 Å². The van der Waals surface area contributed by atoms with Gasteiger partial charge in [-0.25, -0.2) is 0 Å². The molecule has 72 valence electrons. The summed E-state index contributed by atoms with van der Waals surface area (Å²) in [5.74, 6) is 0.663.